The molecule has 2 aliphatic heterocycles. The number of nitrogens with zero attached hydrogens (tertiary/aromatic N) is 4. The van der Waals surface area contributed by atoms with E-state index in [9.17, 15) is 43.8 Å². The number of hydrogen-bond donors (Lipinski definition) is 7. The molecule has 2 fully saturated rings. The van der Waals surface area contributed by atoms with Gasteiger partial charge in [0.1, 0.15) is 49.6 Å². The van der Waals surface area contributed by atoms with Crippen LogP contribution in [0, 0.1) is 11.8 Å². The van der Waals surface area contributed by atoms with E-state index < -0.39 is 84.8 Å². The van der Waals surface area contributed by atoms with Gasteiger partial charge in [0.15, 0.2) is 6.23 Å². The summed E-state index contributed by atoms with van der Waals surface area (Å²) >= 11 is 2.33. The molecule has 1 aromatic carbocycles. The quantitative estimate of drug-likeness (QED) is 0.0412. The lowest BCUT2D eigenvalue weighted by Gasteiger charge is -2.42. The van der Waals surface area contributed by atoms with Crippen LogP contribution in [0.2, 0.25) is 0 Å². The van der Waals surface area contributed by atoms with E-state index in [0.717, 1.165) is 60.3 Å². The number of halogens is 1. The minimum atomic E-state index is -1.45. The van der Waals surface area contributed by atoms with Crippen molar-refractivity contribution in [2.45, 2.75) is 159 Å². The lowest BCUT2D eigenvalue weighted by molar-refractivity contribution is -0.172. The molecular formula is C49H72IN9O11. The number of likely N-dealkylation sites (N-methyl/N-ethyl adjacent to an activating group) is 1. The number of likely N-dealkylation sites (tertiary alicyclic amines) is 1. The summed E-state index contributed by atoms with van der Waals surface area (Å²) in [6.07, 6.45) is 1.94. The number of aliphatic hydroxyl groups is 2. The molecule has 1 aromatic heterocycles. The molecule has 4 rings (SSSR count). The molecule has 386 valence electrons. The number of anilines is 2. The Morgan fingerprint density at radius 3 is 2.26 bits per heavy atom. The first-order valence-electron chi connectivity index (χ1n) is 24.1. The topological polar surface area (TPSA) is 271 Å². The van der Waals surface area contributed by atoms with Crippen molar-refractivity contribution >= 4 is 81.2 Å². The van der Waals surface area contributed by atoms with Crippen molar-refractivity contribution in [3.63, 3.8) is 0 Å². The average Bonchev–Trinajstić information content (AvgIpc) is 3.61. The first-order valence-corrected chi connectivity index (χ1v) is 25.2. The number of rotatable bonds is 25. The third-order valence-electron chi connectivity index (χ3n) is 12.4. The van der Waals surface area contributed by atoms with Crippen molar-refractivity contribution in [1.29, 1.82) is 0 Å². The van der Waals surface area contributed by atoms with Gasteiger partial charge in [0.25, 0.3) is 0 Å². The van der Waals surface area contributed by atoms with Gasteiger partial charge in [-0.3, -0.25) is 33.7 Å². The lowest BCUT2D eigenvalue weighted by atomic mass is 9.84. The summed E-state index contributed by atoms with van der Waals surface area (Å²) in [5.41, 5.74) is 2.45. The zero-order valence-corrected chi connectivity index (χ0v) is 43.7. The summed E-state index contributed by atoms with van der Waals surface area (Å²) in [5.74, 6) is -3.24. The fourth-order valence-corrected chi connectivity index (χ4v) is 9.94. The molecule has 7 N–H and O–H groups in total. The Balaban J connectivity index is 1.19. The van der Waals surface area contributed by atoms with Gasteiger partial charge in [-0.1, -0.05) is 95.2 Å². The van der Waals surface area contributed by atoms with Gasteiger partial charge in [0.05, 0.1) is 23.8 Å². The number of benzene rings is 1. The summed E-state index contributed by atoms with van der Waals surface area (Å²) in [5, 5.41) is 35.6. The number of imide groups is 1. The van der Waals surface area contributed by atoms with Gasteiger partial charge in [0, 0.05) is 41.6 Å². The number of carbonyl (C=O) groups excluding carboxylic acids is 7. The molecule has 21 heteroatoms. The number of hydrogen-bond acceptors (Lipinski definition) is 14. The molecule has 0 aliphatic carbocycles. The van der Waals surface area contributed by atoms with Gasteiger partial charge in [-0.05, 0) is 68.7 Å². The second-order valence-corrected chi connectivity index (χ2v) is 20.7. The number of amides is 7. The highest BCUT2D eigenvalue weighted by molar-refractivity contribution is 14.1. The number of nitrogens with one attached hydrogen (secondary N) is 5. The van der Waals surface area contributed by atoms with E-state index in [0.29, 0.717) is 22.8 Å². The van der Waals surface area contributed by atoms with Crippen LogP contribution in [0.3, 0.4) is 0 Å². The molecule has 2 aliphatic rings. The molecule has 70 heavy (non-hydrogen) atoms. The van der Waals surface area contributed by atoms with Gasteiger partial charge < -0.3 is 51.2 Å². The molecule has 0 bridgehead atoms. The average molecular weight is 1090 g/mol. The van der Waals surface area contributed by atoms with Gasteiger partial charge in [0.2, 0.25) is 35.4 Å². The molecule has 2 aromatic rings. The number of allylic oxidation sites excluding steroid dienone is 1. The van der Waals surface area contributed by atoms with E-state index in [2.05, 4.69) is 86.5 Å². The summed E-state index contributed by atoms with van der Waals surface area (Å²) in [7, 11) is 1.36. The maximum absolute atomic E-state index is 13.4. The standard InChI is InChI=1S/C49H72IN9O11/c1-10-13-14-29(6)35-24-36(52-27-51-35)55-46-43(64)42(63)41(31(8)70-46)57-38(61)25-58(9)48(68)69-26-32-15-17-33(18-16-32)54-44(65)30(7)53-45(66)40(28(4)5)56-37(60)19-22-59-39(62)23-34(47(59)67)49(50,20-11-2)21-12-3/h15-18,24,27-28,30-31,34,40-43,46,63-64H,6,10-14,19-23,25-26H2,1-5,7-9H3,(H,53,66)(H,54,65)(H,56,60)(H,57,61)(H,51,52,55)/t30-,31-,34?,40?,41-,42+,43+,46-/m0/s1. The molecule has 0 spiro atoms. The number of unbranched alkanes of at least 4 members (excludes halogenated alkanes) is 1. The van der Waals surface area contributed by atoms with Crippen molar-refractivity contribution in [2.75, 3.05) is 30.8 Å². The van der Waals surface area contributed by atoms with Crippen molar-refractivity contribution in [1.82, 2.24) is 35.7 Å². The number of aromatic nitrogens is 2. The minimum Gasteiger partial charge on any atom is -0.445 e. The Morgan fingerprint density at radius 2 is 1.63 bits per heavy atom. The van der Waals surface area contributed by atoms with E-state index in [1.54, 1.807) is 51.1 Å². The third kappa shape index (κ3) is 15.9. The van der Waals surface area contributed by atoms with Crippen LogP contribution >= 0.6 is 22.6 Å². The Labute approximate surface area is 424 Å². The Hall–Kier alpha value is -5.26. The largest absolute Gasteiger partial charge is 0.445 e. The highest BCUT2D eigenvalue weighted by Gasteiger charge is 2.49. The molecule has 2 saturated heterocycles. The highest BCUT2D eigenvalue weighted by Crippen LogP contribution is 2.43. The zero-order valence-electron chi connectivity index (χ0n) is 41.6. The molecule has 0 radical (unpaired) electrons. The number of carbonyl (C=O) groups is 7. The van der Waals surface area contributed by atoms with Crippen molar-refractivity contribution in [3.8, 4) is 0 Å². The second-order valence-electron chi connectivity index (χ2n) is 18.5. The molecule has 2 unspecified atom stereocenters. The van der Waals surface area contributed by atoms with Crippen LogP contribution < -0.4 is 26.6 Å². The first-order chi connectivity index (χ1) is 33.1. The van der Waals surface area contributed by atoms with Crippen molar-refractivity contribution in [2.24, 2.45) is 11.8 Å². The van der Waals surface area contributed by atoms with Gasteiger partial charge in [-0.15, -0.1) is 0 Å². The van der Waals surface area contributed by atoms with Gasteiger partial charge in [-0.2, -0.15) is 0 Å². The molecule has 3 heterocycles. The van der Waals surface area contributed by atoms with Gasteiger partial charge in [-0.25, -0.2) is 14.8 Å². The monoisotopic (exact) mass is 1090 g/mol. The minimum absolute atomic E-state index is 0.0890. The Bertz CT molecular complexity index is 2160. The fourth-order valence-electron chi connectivity index (χ4n) is 8.37. The van der Waals surface area contributed by atoms with Crippen LogP contribution in [0.25, 0.3) is 5.57 Å². The van der Waals surface area contributed by atoms with E-state index in [1.165, 1.54) is 20.3 Å². The summed E-state index contributed by atoms with van der Waals surface area (Å²) < 4.78 is 11.0. The van der Waals surface area contributed by atoms with Crippen LogP contribution in [0.5, 0.6) is 0 Å². The van der Waals surface area contributed by atoms with Crippen LogP contribution in [-0.4, -0.2) is 138 Å². The SMILES string of the molecule is C=C(CCCC)c1cc(N[C@H]2O[C@@H](C)[C@H](NC(=O)CN(C)C(=O)OCc3ccc(NC(=O)[C@H](C)NC(=O)C(NC(=O)CCN4C(=O)CC(C(I)(CCC)CCC)C4=O)C(C)C)cc3)[C@@H](O)[C@H]2O)ncn1. The van der Waals surface area contributed by atoms with Crippen LogP contribution in [0.15, 0.2) is 43.2 Å². The Kier molecular flexibility index (Phi) is 22.0. The maximum atomic E-state index is 13.4. The summed E-state index contributed by atoms with van der Waals surface area (Å²) in [6, 6.07) is 5.09. The predicted octanol–water partition coefficient (Wildman–Crippen LogP) is 4.44. The summed E-state index contributed by atoms with van der Waals surface area (Å²) in [4.78, 5) is 102. The lowest BCUT2D eigenvalue weighted by Crippen LogP contribution is -2.64. The van der Waals surface area contributed by atoms with Crippen LogP contribution in [-0.2, 0) is 44.8 Å². The molecule has 7 amide bonds. The predicted molar refractivity (Wildman–Crippen MR) is 271 cm³/mol. The Morgan fingerprint density at radius 1 is 0.957 bits per heavy atom. The van der Waals surface area contributed by atoms with E-state index in [1.807, 2.05) is 0 Å². The second kappa shape index (κ2) is 26.8. The molecule has 0 saturated carbocycles. The molecule has 20 nitrogen and oxygen atoms in total. The van der Waals surface area contributed by atoms with Crippen LogP contribution in [0.1, 0.15) is 118 Å². The molecule has 8 atom stereocenters. The van der Waals surface area contributed by atoms with E-state index >= 15 is 0 Å². The number of aliphatic hydroxyl groups excluding tert-OH is 2. The maximum Gasteiger partial charge on any atom is 0.410 e. The zero-order chi connectivity index (χ0) is 51.9. The molecular weight excluding hydrogens is 1020 g/mol. The third-order valence-corrected chi connectivity index (χ3v) is 14.3. The normalized spacial score (nSPS) is 21.1. The summed E-state index contributed by atoms with van der Waals surface area (Å²) in [6.45, 7) is 16.2. The van der Waals surface area contributed by atoms with Crippen molar-refractivity contribution in [3.05, 3.63) is 54.5 Å². The van der Waals surface area contributed by atoms with E-state index in [4.69, 9.17) is 9.47 Å². The fraction of sp³-hybridized carbons (Fsp3) is 0.612. The van der Waals surface area contributed by atoms with Crippen molar-refractivity contribution < 1.29 is 53.2 Å². The number of alkyl halides is 1. The van der Waals surface area contributed by atoms with E-state index in [-0.39, 0.29) is 47.1 Å². The smallest absolute Gasteiger partial charge is 0.410 e. The van der Waals surface area contributed by atoms with Gasteiger partial charge >= 0.3 is 6.09 Å². The van der Waals surface area contributed by atoms with Crippen LogP contribution in [0.4, 0.5) is 16.3 Å². The first kappa shape index (κ1) is 57.3. The highest BCUT2D eigenvalue weighted by atomic mass is 127. The number of ether oxygens (including phenoxy) is 2.